The van der Waals surface area contributed by atoms with E-state index >= 15 is 0 Å². The van der Waals surface area contributed by atoms with Crippen molar-refractivity contribution in [2.75, 3.05) is 41.0 Å². The third-order valence-electron chi connectivity index (χ3n) is 7.03. The van der Waals surface area contributed by atoms with Gasteiger partial charge in [0.2, 0.25) is 5.91 Å². The maximum Gasteiger partial charge on any atom is 0.228 e. The van der Waals surface area contributed by atoms with Crippen molar-refractivity contribution < 1.29 is 24.1 Å². The van der Waals surface area contributed by atoms with Crippen molar-refractivity contribution >= 4 is 5.91 Å². The number of hydrogen-bond acceptors (Lipinski definition) is 6. The summed E-state index contributed by atoms with van der Waals surface area (Å²) in [6.45, 7) is 11.9. The molecule has 3 atom stereocenters. The van der Waals surface area contributed by atoms with E-state index in [0.717, 1.165) is 43.4 Å². The van der Waals surface area contributed by atoms with Gasteiger partial charge in [-0.2, -0.15) is 0 Å². The molecule has 3 N–H and O–H groups in total. The van der Waals surface area contributed by atoms with Crippen LogP contribution in [0.5, 0.6) is 11.5 Å². The molecule has 1 aromatic carbocycles. The second-order valence-electron chi connectivity index (χ2n) is 11.0. The molecule has 0 aliphatic carbocycles. The van der Waals surface area contributed by atoms with Gasteiger partial charge < -0.3 is 30.0 Å². The molecule has 0 aromatic heterocycles. The molecule has 0 spiro atoms. The summed E-state index contributed by atoms with van der Waals surface area (Å²) in [5.74, 6) is 2.14. The minimum atomic E-state index is -0.780. The molecule has 1 aromatic rings. The van der Waals surface area contributed by atoms with Crippen molar-refractivity contribution in [3.8, 4) is 11.5 Å². The summed E-state index contributed by atoms with van der Waals surface area (Å²) in [5.41, 5.74) is 7.18. The van der Waals surface area contributed by atoms with Crippen LogP contribution in [0.25, 0.3) is 0 Å². The fourth-order valence-corrected chi connectivity index (χ4v) is 4.49. The molecule has 36 heavy (non-hydrogen) atoms. The Kier molecular flexibility index (Phi) is 14.4. The van der Waals surface area contributed by atoms with Crippen molar-refractivity contribution in [3.05, 3.63) is 23.8 Å². The Labute approximate surface area is 219 Å². The molecule has 0 unspecified atom stereocenters. The van der Waals surface area contributed by atoms with Gasteiger partial charge in [-0.25, -0.2) is 0 Å². The summed E-state index contributed by atoms with van der Waals surface area (Å²) in [6.07, 6.45) is 4.40. The third-order valence-corrected chi connectivity index (χ3v) is 7.03. The first-order valence-electron chi connectivity index (χ1n) is 13.4. The molecule has 1 rings (SSSR count). The molecule has 7 heteroatoms. The summed E-state index contributed by atoms with van der Waals surface area (Å²) in [5, 5.41) is 10.9. The Morgan fingerprint density at radius 3 is 2.42 bits per heavy atom. The fraction of sp³-hybridized carbons (Fsp3) is 0.759. The second kappa shape index (κ2) is 16.1. The highest BCUT2D eigenvalue weighted by atomic mass is 16.5. The highest BCUT2D eigenvalue weighted by molar-refractivity contribution is 5.81. The number of nitrogens with two attached hydrogens (primary N) is 1. The maximum atomic E-state index is 12.9. The topological polar surface area (TPSA) is 94.3 Å². The van der Waals surface area contributed by atoms with Crippen molar-refractivity contribution in [1.82, 2.24) is 4.90 Å². The summed E-state index contributed by atoms with van der Waals surface area (Å²) in [7, 11) is 5.08. The number of unbranched alkanes of at least 4 members (excludes halogenated alkanes) is 1. The van der Waals surface area contributed by atoms with Gasteiger partial charge in [0.05, 0.1) is 19.8 Å². The number of amides is 1. The first-order chi connectivity index (χ1) is 17.0. The average Bonchev–Trinajstić information content (AvgIpc) is 2.84. The monoisotopic (exact) mass is 508 g/mol. The van der Waals surface area contributed by atoms with E-state index in [4.69, 9.17) is 19.9 Å². The summed E-state index contributed by atoms with van der Waals surface area (Å²) in [6, 6.07) is 5.61. The summed E-state index contributed by atoms with van der Waals surface area (Å²) >= 11 is 0. The summed E-state index contributed by atoms with van der Waals surface area (Å²) in [4.78, 5) is 14.6. The van der Waals surface area contributed by atoms with Crippen LogP contribution in [0.3, 0.4) is 0 Å². The van der Waals surface area contributed by atoms with E-state index in [1.54, 1.807) is 26.2 Å². The SMILES string of the molecule is CCCCC(C)(C)C(=O)N(C)C[C@@H](O)[C@@H](N)C[C@H](Cc1ccc(OC)c(OCCCOC)c1)C(C)C. The molecule has 1 amide bonds. The quantitative estimate of drug-likeness (QED) is 0.280. The fourth-order valence-electron chi connectivity index (χ4n) is 4.49. The van der Waals surface area contributed by atoms with Crippen LogP contribution in [0.1, 0.15) is 72.3 Å². The molecule has 0 aliphatic rings. The zero-order valence-electron chi connectivity index (χ0n) is 24.0. The lowest BCUT2D eigenvalue weighted by atomic mass is 9.83. The van der Waals surface area contributed by atoms with E-state index in [2.05, 4.69) is 26.8 Å². The number of aliphatic hydroxyl groups excluding tert-OH is 1. The maximum absolute atomic E-state index is 12.9. The van der Waals surface area contributed by atoms with Crippen molar-refractivity contribution in [2.45, 2.75) is 85.3 Å². The largest absolute Gasteiger partial charge is 0.493 e. The Hall–Kier alpha value is -1.83. The highest BCUT2D eigenvalue weighted by Gasteiger charge is 2.32. The Bertz CT molecular complexity index is 768. The predicted molar refractivity (Wildman–Crippen MR) is 147 cm³/mol. The standard InChI is InChI=1S/C29H52N2O5/c1-9-10-14-29(4,5)28(33)31(6)20-25(32)24(30)19-23(21(2)3)17-22-12-13-26(35-8)27(18-22)36-16-11-15-34-7/h12-13,18,21,23-25,32H,9-11,14-17,19-20,30H2,1-8H3/t23-,24-,25+/m0/s1. The Balaban J connectivity index is 2.80. The zero-order chi connectivity index (χ0) is 27.3. The van der Waals surface area contributed by atoms with Crippen LogP contribution in [-0.4, -0.2) is 69.1 Å². The number of carbonyl (C=O) groups is 1. The minimum absolute atomic E-state index is 0.0545. The second-order valence-corrected chi connectivity index (χ2v) is 11.0. The van der Waals surface area contributed by atoms with Gasteiger partial charge in [0.25, 0.3) is 0 Å². The number of rotatable bonds is 18. The van der Waals surface area contributed by atoms with E-state index in [0.29, 0.717) is 31.3 Å². The number of carbonyl (C=O) groups excluding carboxylic acids is 1. The molecule has 0 bridgehead atoms. The molecule has 208 valence electrons. The van der Waals surface area contributed by atoms with Crippen LogP contribution >= 0.6 is 0 Å². The van der Waals surface area contributed by atoms with Crippen molar-refractivity contribution in [2.24, 2.45) is 23.0 Å². The highest BCUT2D eigenvalue weighted by Crippen LogP contribution is 2.31. The van der Waals surface area contributed by atoms with E-state index < -0.39 is 17.6 Å². The lowest BCUT2D eigenvalue weighted by Gasteiger charge is -2.33. The number of aliphatic hydroxyl groups is 1. The van der Waals surface area contributed by atoms with Crippen LogP contribution in [0.4, 0.5) is 0 Å². The van der Waals surface area contributed by atoms with Crippen LogP contribution in [0.2, 0.25) is 0 Å². The molecular weight excluding hydrogens is 456 g/mol. The first-order valence-corrected chi connectivity index (χ1v) is 13.4. The molecule has 0 radical (unpaired) electrons. The van der Waals surface area contributed by atoms with E-state index in [9.17, 15) is 9.90 Å². The minimum Gasteiger partial charge on any atom is -0.493 e. The van der Waals surface area contributed by atoms with Crippen molar-refractivity contribution in [3.63, 3.8) is 0 Å². The Morgan fingerprint density at radius 1 is 1.14 bits per heavy atom. The van der Waals surface area contributed by atoms with E-state index in [-0.39, 0.29) is 18.4 Å². The van der Waals surface area contributed by atoms with Gasteiger partial charge in [0.15, 0.2) is 11.5 Å². The number of benzene rings is 1. The molecule has 7 nitrogen and oxygen atoms in total. The van der Waals surface area contributed by atoms with Gasteiger partial charge in [-0.1, -0.05) is 53.5 Å². The van der Waals surface area contributed by atoms with Crippen LogP contribution in [0.15, 0.2) is 18.2 Å². The van der Waals surface area contributed by atoms with Gasteiger partial charge in [-0.15, -0.1) is 0 Å². The average molecular weight is 509 g/mol. The van der Waals surface area contributed by atoms with Gasteiger partial charge in [0.1, 0.15) is 0 Å². The molecular formula is C29H52N2O5. The molecule has 0 saturated carbocycles. The molecule has 0 fully saturated rings. The van der Waals surface area contributed by atoms with Crippen molar-refractivity contribution in [1.29, 1.82) is 0 Å². The number of likely N-dealkylation sites (N-methyl/N-ethyl adjacent to an activating group) is 1. The lowest BCUT2D eigenvalue weighted by molar-refractivity contribution is -0.140. The number of ether oxygens (including phenoxy) is 3. The normalized spacial score (nSPS) is 14.4. The number of nitrogens with zero attached hydrogens (tertiary/aromatic N) is 1. The predicted octanol–water partition coefficient (Wildman–Crippen LogP) is 4.68. The van der Waals surface area contributed by atoms with Crippen LogP contribution < -0.4 is 15.2 Å². The zero-order valence-corrected chi connectivity index (χ0v) is 24.0. The molecule has 0 aliphatic heterocycles. The van der Waals surface area contributed by atoms with E-state index in [1.165, 1.54) is 0 Å². The Morgan fingerprint density at radius 2 is 1.83 bits per heavy atom. The van der Waals surface area contributed by atoms with Gasteiger partial charge in [0, 0.05) is 45.2 Å². The van der Waals surface area contributed by atoms with Gasteiger partial charge >= 0.3 is 0 Å². The smallest absolute Gasteiger partial charge is 0.228 e. The van der Waals surface area contributed by atoms with Gasteiger partial charge in [-0.05, 0) is 48.8 Å². The first kappa shape index (κ1) is 32.2. The van der Waals surface area contributed by atoms with Crippen LogP contribution in [-0.2, 0) is 16.0 Å². The van der Waals surface area contributed by atoms with Crippen LogP contribution in [0, 0.1) is 17.3 Å². The third kappa shape index (κ3) is 10.7. The summed E-state index contributed by atoms with van der Waals surface area (Å²) < 4.78 is 16.5. The molecule has 0 saturated heterocycles. The number of hydrogen-bond donors (Lipinski definition) is 2. The van der Waals surface area contributed by atoms with Gasteiger partial charge in [-0.3, -0.25) is 4.79 Å². The lowest BCUT2D eigenvalue weighted by Crippen LogP contribution is -2.48. The molecule has 0 heterocycles. The number of methoxy groups -OCH3 is 2. The van der Waals surface area contributed by atoms with E-state index in [1.807, 2.05) is 26.0 Å².